The molecule has 2 aliphatic heterocycles. The predicted octanol–water partition coefficient (Wildman–Crippen LogP) is 2.82. The van der Waals surface area contributed by atoms with E-state index < -0.39 is 35.7 Å². The number of hydrogen-bond donors (Lipinski definition) is 1. The van der Waals surface area contributed by atoms with Gasteiger partial charge in [0.05, 0.1) is 17.9 Å². The lowest BCUT2D eigenvalue weighted by Crippen LogP contribution is -2.49. The second kappa shape index (κ2) is 7.06. The molecule has 0 aromatic rings. The molecule has 0 bridgehead atoms. The Kier molecular flexibility index (Phi) is 5.62. The maximum Gasteiger partial charge on any atom is 0.411 e. The zero-order chi connectivity index (χ0) is 19.0. The van der Waals surface area contributed by atoms with Gasteiger partial charge in [-0.05, 0) is 40.9 Å². The van der Waals surface area contributed by atoms with Crippen molar-refractivity contribution < 1.29 is 24.1 Å². The van der Waals surface area contributed by atoms with E-state index in [9.17, 15) is 15.2 Å². The summed E-state index contributed by atoms with van der Waals surface area (Å²) in [7, 11) is 0. The first kappa shape index (κ1) is 19.9. The van der Waals surface area contributed by atoms with Crippen LogP contribution in [0.2, 0.25) is 0 Å². The molecule has 4 atom stereocenters. The zero-order valence-electron chi connectivity index (χ0n) is 15.5. The number of thioether (sulfide) groups is 1. The number of rotatable bonds is 3. The highest BCUT2D eigenvalue weighted by Gasteiger charge is 2.60. The number of fused-ring (bicyclic) bond motifs is 1. The lowest BCUT2D eigenvalue weighted by molar-refractivity contribution is -0.163. The fourth-order valence-corrected chi connectivity index (χ4v) is 3.98. The van der Waals surface area contributed by atoms with Gasteiger partial charge in [0.15, 0.2) is 5.79 Å². The van der Waals surface area contributed by atoms with E-state index >= 15 is 0 Å². The van der Waals surface area contributed by atoms with Crippen molar-refractivity contribution in [2.45, 2.75) is 70.3 Å². The lowest BCUT2D eigenvalue weighted by Gasteiger charge is -2.35. The minimum Gasteiger partial charge on any atom is -0.514 e. The molecule has 25 heavy (non-hydrogen) atoms. The Morgan fingerprint density at radius 3 is 2.48 bits per heavy atom. The van der Waals surface area contributed by atoms with Gasteiger partial charge in [0.25, 0.3) is 0 Å². The third-order valence-electron chi connectivity index (χ3n) is 4.04. The van der Waals surface area contributed by atoms with Gasteiger partial charge in [0.2, 0.25) is 0 Å². The van der Waals surface area contributed by atoms with Crippen molar-refractivity contribution in [2.24, 2.45) is 0 Å². The minimum atomic E-state index is -0.819. The van der Waals surface area contributed by atoms with E-state index in [1.165, 1.54) is 4.90 Å². The fraction of sp³-hybridized carbons (Fsp3) is 0.765. The number of carbonyl (C=O) groups excluding carboxylic acids is 1. The molecular formula is C17H26N2O5S. The summed E-state index contributed by atoms with van der Waals surface area (Å²) in [6, 6.07) is 0.879. The molecule has 0 spiro atoms. The summed E-state index contributed by atoms with van der Waals surface area (Å²) in [4.78, 5) is 14.3. The predicted molar refractivity (Wildman–Crippen MR) is 94.2 cm³/mol. The van der Waals surface area contributed by atoms with Gasteiger partial charge in [0, 0.05) is 5.75 Å². The van der Waals surface area contributed by atoms with Crippen LogP contribution in [-0.2, 0) is 14.2 Å². The van der Waals surface area contributed by atoms with Crippen LogP contribution in [0, 0.1) is 11.3 Å². The van der Waals surface area contributed by atoms with Gasteiger partial charge in [-0.3, -0.25) is 4.90 Å². The number of aliphatic hydroxyl groups is 1. The van der Waals surface area contributed by atoms with Crippen molar-refractivity contribution in [1.82, 2.24) is 4.90 Å². The van der Waals surface area contributed by atoms with E-state index in [2.05, 4.69) is 0 Å². The van der Waals surface area contributed by atoms with Crippen LogP contribution in [0.5, 0.6) is 0 Å². The molecule has 1 amide bonds. The van der Waals surface area contributed by atoms with Gasteiger partial charge in [-0.1, -0.05) is 0 Å². The summed E-state index contributed by atoms with van der Waals surface area (Å²) in [6.07, 6.45) is 1.17. The lowest BCUT2D eigenvalue weighted by atomic mass is 10.0. The average Bonchev–Trinajstić information content (AvgIpc) is 2.92. The molecule has 4 unspecified atom stereocenters. The van der Waals surface area contributed by atoms with Crippen LogP contribution in [0.1, 0.15) is 34.6 Å². The number of nitriles is 1. The third kappa shape index (κ3) is 4.05. The first-order chi connectivity index (χ1) is 11.5. The normalized spacial score (nSPS) is 31.6. The first-order valence-electron chi connectivity index (χ1n) is 8.15. The third-order valence-corrected chi connectivity index (χ3v) is 4.71. The number of ether oxygens (including phenoxy) is 3. The summed E-state index contributed by atoms with van der Waals surface area (Å²) in [5, 5.41) is 18.9. The number of likely N-dealkylation sites (tertiary alicyclic amines) is 1. The quantitative estimate of drug-likeness (QED) is 0.603. The van der Waals surface area contributed by atoms with E-state index in [-0.39, 0.29) is 11.6 Å². The highest BCUT2D eigenvalue weighted by molar-refractivity contribution is 7.98. The van der Waals surface area contributed by atoms with Gasteiger partial charge in [-0.25, -0.2) is 4.79 Å². The van der Waals surface area contributed by atoms with E-state index in [1.54, 1.807) is 46.4 Å². The van der Waals surface area contributed by atoms with Crippen molar-refractivity contribution in [3.63, 3.8) is 0 Å². The SMILES string of the molecule is CSCC1C2OC(C)(C)OC2C(/C(C#N)=C/O)N1C(=O)OC(C)(C)C. The molecule has 140 valence electrons. The fourth-order valence-electron chi connectivity index (χ4n) is 3.29. The average molecular weight is 370 g/mol. The number of hydrogen-bond acceptors (Lipinski definition) is 7. The molecule has 0 aromatic carbocycles. The molecule has 0 radical (unpaired) electrons. The molecule has 2 heterocycles. The van der Waals surface area contributed by atoms with Crippen molar-refractivity contribution in [2.75, 3.05) is 12.0 Å². The Hall–Kier alpha value is -1.43. The molecule has 2 aliphatic rings. The molecule has 7 nitrogen and oxygen atoms in total. The topological polar surface area (TPSA) is 92.0 Å². The van der Waals surface area contributed by atoms with Gasteiger partial charge < -0.3 is 19.3 Å². The highest BCUT2D eigenvalue weighted by atomic mass is 32.2. The maximum atomic E-state index is 12.9. The molecule has 0 saturated carbocycles. The largest absolute Gasteiger partial charge is 0.514 e. The minimum absolute atomic E-state index is 0.0470. The number of aliphatic hydroxyl groups excluding tert-OH is 1. The summed E-state index contributed by atoms with van der Waals surface area (Å²) >= 11 is 1.57. The number of amides is 1. The summed E-state index contributed by atoms with van der Waals surface area (Å²) in [5.41, 5.74) is -0.634. The summed E-state index contributed by atoms with van der Waals surface area (Å²) in [6.45, 7) is 8.94. The Balaban J connectivity index is 2.45. The van der Waals surface area contributed by atoms with Crippen molar-refractivity contribution in [1.29, 1.82) is 5.26 Å². The van der Waals surface area contributed by atoms with Crippen LogP contribution in [0.25, 0.3) is 0 Å². The Labute approximate surface area is 152 Å². The van der Waals surface area contributed by atoms with Gasteiger partial charge in [0.1, 0.15) is 29.9 Å². The van der Waals surface area contributed by atoms with Crippen LogP contribution in [-0.4, -0.2) is 63.8 Å². The molecule has 0 aromatic heterocycles. The smallest absolute Gasteiger partial charge is 0.411 e. The highest BCUT2D eigenvalue weighted by Crippen LogP contribution is 2.43. The molecular weight excluding hydrogens is 344 g/mol. The van der Waals surface area contributed by atoms with Gasteiger partial charge in [-0.2, -0.15) is 17.0 Å². The van der Waals surface area contributed by atoms with Crippen LogP contribution < -0.4 is 0 Å². The zero-order valence-corrected chi connectivity index (χ0v) is 16.3. The maximum absolute atomic E-state index is 12.9. The number of carbonyl (C=O) groups is 1. The van der Waals surface area contributed by atoms with Crippen LogP contribution in [0.15, 0.2) is 11.8 Å². The second-order valence-electron chi connectivity index (χ2n) is 7.62. The van der Waals surface area contributed by atoms with Crippen LogP contribution >= 0.6 is 11.8 Å². The monoisotopic (exact) mass is 370 g/mol. The van der Waals surface area contributed by atoms with E-state index in [1.807, 2.05) is 12.3 Å². The van der Waals surface area contributed by atoms with Crippen molar-refractivity contribution >= 4 is 17.9 Å². The van der Waals surface area contributed by atoms with Gasteiger partial charge in [-0.15, -0.1) is 0 Å². The molecule has 2 saturated heterocycles. The second-order valence-corrected chi connectivity index (χ2v) is 8.53. The van der Waals surface area contributed by atoms with Gasteiger partial charge >= 0.3 is 6.09 Å². The molecule has 1 N–H and O–H groups in total. The van der Waals surface area contributed by atoms with Crippen molar-refractivity contribution in [3.8, 4) is 6.07 Å². The Morgan fingerprint density at radius 1 is 1.40 bits per heavy atom. The molecule has 2 rings (SSSR count). The standard InChI is InChI=1S/C17H26N2O5S/c1-16(2,3)24-15(21)19-11(9-25-6)13-14(23-17(4,5)22-13)12(19)10(7-18)8-20/h8,11-14,20H,9H2,1-6H3/b10-8+. The van der Waals surface area contributed by atoms with Crippen LogP contribution in [0.4, 0.5) is 4.79 Å². The van der Waals surface area contributed by atoms with E-state index in [4.69, 9.17) is 14.2 Å². The molecule has 0 aliphatic carbocycles. The molecule has 2 fully saturated rings. The Morgan fingerprint density at radius 2 is 2.00 bits per heavy atom. The summed E-state index contributed by atoms with van der Waals surface area (Å²) in [5.74, 6) is -0.221. The van der Waals surface area contributed by atoms with Crippen molar-refractivity contribution in [3.05, 3.63) is 11.8 Å². The summed E-state index contributed by atoms with van der Waals surface area (Å²) < 4.78 is 17.5. The van der Waals surface area contributed by atoms with E-state index in [0.29, 0.717) is 5.75 Å². The van der Waals surface area contributed by atoms with E-state index in [0.717, 1.165) is 6.26 Å². The Bertz CT molecular complexity index is 593. The first-order valence-corrected chi connectivity index (χ1v) is 9.54. The van der Waals surface area contributed by atoms with Crippen LogP contribution in [0.3, 0.4) is 0 Å². The molecule has 8 heteroatoms. The number of nitrogens with zero attached hydrogens (tertiary/aromatic N) is 2.